The SMILES string of the molecule is CC(C)(C)c1ccc(-c2ccccc2-c2cccs2)cc1. The molecule has 0 spiro atoms. The van der Waals surface area contributed by atoms with Crippen LogP contribution >= 0.6 is 11.3 Å². The normalized spacial score (nSPS) is 11.6. The highest BCUT2D eigenvalue weighted by molar-refractivity contribution is 7.13. The largest absolute Gasteiger partial charge is 0.144 e. The summed E-state index contributed by atoms with van der Waals surface area (Å²) in [6.07, 6.45) is 0. The smallest absolute Gasteiger partial charge is 0.0348 e. The first-order valence-electron chi connectivity index (χ1n) is 7.29. The Morgan fingerprint density at radius 3 is 1.95 bits per heavy atom. The highest BCUT2D eigenvalue weighted by Crippen LogP contribution is 2.35. The van der Waals surface area contributed by atoms with Gasteiger partial charge in [0.2, 0.25) is 0 Å². The van der Waals surface area contributed by atoms with Crippen LogP contribution in [-0.2, 0) is 5.41 Å². The minimum Gasteiger partial charge on any atom is -0.144 e. The van der Waals surface area contributed by atoms with Gasteiger partial charge in [0.25, 0.3) is 0 Å². The fourth-order valence-electron chi connectivity index (χ4n) is 2.53. The Bertz CT molecular complexity index is 713. The Kier molecular flexibility index (Phi) is 3.69. The molecule has 1 heteroatoms. The Balaban J connectivity index is 2.06. The van der Waals surface area contributed by atoms with Gasteiger partial charge in [-0.05, 0) is 39.1 Å². The second kappa shape index (κ2) is 5.50. The summed E-state index contributed by atoms with van der Waals surface area (Å²) >= 11 is 1.79. The van der Waals surface area contributed by atoms with E-state index in [1.165, 1.54) is 27.1 Å². The Morgan fingerprint density at radius 1 is 0.714 bits per heavy atom. The van der Waals surface area contributed by atoms with Crippen molar-refractivity contribution in [3.63, 3.8) is 0 Å². The van der Waals surface area contributed by atoms with Gasteiger partial charge in [-0.2, -0.15) is 0 Å². The maximum atomic E-state index is 2.25. The zero-order chi connectivity index (χ0) is 14.9. The van der Waals surface area contributed by atoms with Gasteiger partial charge in [-0.3, -0.25) is 0 Å². The molecule has 0 atom stereocenters. The molecule has 21 heavy (non-hydrogen) atoms. The van der Waals surface area contributed by atoms with Gasteiger partial charge in [-0.15, -0.1) is 11.3 Å². The first-order valence-corrected chi connectivity index (χ1v) is 8.17. The molecular formula is C20H20S. The summed E-state index contributed by atoms with van der Waals surface area (Å²) in [6.45, 7) is 6.75. The third kappa shape index (κ3) is 2.93. The van der Waals surface area contributed by atoms with E-state index in [1.807, 2.05) is 0 Å². The van der Waals surface area contributed by atoms with Crippen LogP contribution < -0.4 is 0 Å². The molecule has 2 aromatic carbocycles. The molecule has 0 nitrogen and oxygen atoms in total. The van der Waals surface area contributed by atoms with Gasteiger partial charge < -0.3 is 0 Å². The molecule has 0 aliphatic rings. The maximum Gasteiger partial charge on any atom is 0.0348 e. The lowest BCUT2D eigenvalue weighted by Gasteiger charge is -2.19. The third-order valence-electron chi connectivity index (χ3n) is 3.78. The van der Waals surface area contributed by atoms with Gasteiger partial charge in [-0.25, -0.2) is 0 Å². The molecule has 0 saturated heterocycles. The van der Waals surface area contributed by atoms with Crippen LogP contribution in [0.15, 0.2) is 66.0 Å². The van der Waals surface area contributed by atoms with E-state index in [0.29, 0.717) is 0 Å². The summed E-state index contributed by atoms with van der Waals surface area (Å²) in [4.78, 5) is 1.32. The predicted octanol–water partition coefficient (Wildman–Crippen LogP) is 6.38. The summed E-state index contributed by atoms with van der Waals surface area (Å²) in [5, 5.41) is 2.13. The summed E-state index contributed by atoms with van der Waals surface area (Å²) in [7, 11) is 0. The average Bonchev–Trinajstić information content (AvgIpc) is 3.01. The van der Waals surface area contributed by atoms with Crippen LogP contribution in [0, 0.1) is 0 Å². The van der Waals surface area contributed by atoms with Crippen molar-refractivity contribution in [1.29, 1.82) is 0 Å². The fourth-order valence-corrected chi connectivity index (χ4v) is 3.30. The monoisotopic (exact) mass is 292 g/mol. The fraction of sp³-hybridized carbons (Fsp3) is 0.200. The molecule has 106 valence electrons. The Hall–Kier alpha value is -1.86. The van der Waals surface area contributed by atoms with E-state index in [9.17, 15) is 0 Å². The molecule has 0 unspecified atom stereocenters. The summed E-state index contributed by atoms with van der Waals surface area (Å²) < 4.78 is 0. The number of hydrogen-bond acceptors (Lipinski definition) is 1. The Morgan fingerprint density at radius 2 is 1.38 bits per heavy atom. The quantitative estimate of drug-likeness (QED) is 0.514. The van der Waals surface area contributed by atoms with Gasteiger partial charge in [-0.1, -0.05) is 75.4 Å². The highest BCUT2D eigenvalue weighted by Gasteiger charge is 2.14. The van der Waals surface area contributed by atoms with Gasteiger partial charge in [0, 0.05) is 4.88 Å². The van der Waals surface area contributed by atoms with Crippen molar-refractivity contribution in [1.82, 2.24) is 0 Å². The number of hydrogen-bond donors (Lipinski definition) is 0. The second-order valence-electron chi connectivity index (χ2n) is 6.35. The molecule has 0 amide bonds. The average molecular weight is 292 g/mol. The van der Waals surface area contributed by atoms with E-state index in [2.05, 4.69) is 86.8 Å². The number of rotatable bonds is 2. The van der Waals surface area contributed by atoms with Crippen LogP contribution in [0.25, 0.3) is 21.6 Å². The molecule has 3 aromatic rings. The van der Waals surface area contributed by atoms with Crippen molar-refractivity contribution in [3.8, 4) is 21.6 Å². The standard InChI is InChI=1S/C20H20S/c1-20(2,3)16-12-10-15(11-13-16)17-7-4-5-8-18(17)19-9-6-14-21-19/h4-14H,1-3H3. The van der Waals surface area contributed by atoms with E-state index in [4.69, 9.17) is 0 Å². The topological polar surface area (TPSA) is 0 Å². The molecule has 0 aliphatic carbocycles. The van der Waals surface area contributed by atoms with Gasteiger partial charge >= 0.3 is 0 Å². The van der Waals surface area contributed by atoms with Crippen molar-refractivity contribution in [2.45, 2.75) is 26.2 Å². The molecule has 1 aromatic heterocycles. The molecule has 0 radical (unpaired) electrons. The lowest BCUT2D eigenvalue weighted by Crippen LogP contribution is -2.10. The van der Waals surface area contributed by atoms with E-state index in [1.54, 1.807) is 11.3 Å². The lowest BCUT2D eigenvalue weighted by atomic mass is 9.86. The van der Waals surface area contributed by atoms with Crippen molar-refractivity contribution in [2.24, 2.45) is 0 Å². The van der Waals surface area contributed by atoms with Crippen LogP contribution in [-0.4, -0.2) is 0 Å². The van der Waals surface area contributed by atoms with Crippen LogP contribution in [0.3, 0.4) is 0 Å². The number of thiophene rings is 1. The number of benzene rings is 2. The predicted molar refractivity (Wildman–Crippen MR) is 93.9 cm³/mol. The van der Waals surface area contributed by atoms with Gasteiger partial charge in [0.05, 0.1) is 0 Å². The third-order valence-corrected chi connectivity index (χ3v) is 4.68. The molecular weight excluding hydrogens is 272 g/mol. The van der Waals surface area contributed by atoms with Crippen molar-refractivity contribution < 1.29 is 0 Å². The minimum absolute atomic E-state index is 0.200. The summed E-state index contributed by atoms with van der Waals surface area (Å²) in [5.74, 6) is 0. The molecule has 0 saturated carbocycles. The van der Waals surface area contributed by atoms with Crippen molar-refractivity contribution in [3.05, 3.63) is 71.6 Å². The summed E-state index contributed by atoms with van der Waals surface area (Å²) in [6, 6.07) is 21.9. The Labute approximate surface area is 131 Å². The zero-order valence-corrected chi connectivity index (χ0v) is 13.6. The van der Waals surface area contributed by atoms with Gasteiger partial charge in [0.1, 0.15) is 0 Å². The first-order chi connectivity index (χ1) is 10.1. The highest BCUT2D eigenvalue weighted by atomic mass is 32.1. The van der Waals surface area contributed by atoms with Crippen LogP contribution in [0.4, 0.5) is 0 Å². The molecule has 0 N–H and O–H groups in total. The molecule has 0 bridgehead atoms. The van der Waals surface area contributed by atoms with Gasteiger partial charge in [0.15, 0.2) is 0 Å². The van der Waals surface area contributed by atoms with E-state index >= 15 is 0 Å². The molecule has 0 fully saturated rings. The van der Waals surface area contributed by atoms with E-state index in [0.717, 1.165) is 0 Å². The molecule has 3 rings (SSSR count). The van der Waals surface area contributed by atoms with Crippen molar-refractivity contribution >= 4 is 11.3 Å². The van der Waals surface area contributed by atoms with Crippen LogP contribution in [0.2, 0.25) is 0 Å². The second-order valence-corrected chi connectivity index (χ2v) is 7.30. The van der Waals surface area contributed by atoms with Crippen LogP contribution in [0.1, 0.15) is 26.3 Å². The lowest BCUT2D eigenvalue weighted by molar-refractivity contribution is 0.590. The van der Waals surface area contributed by atoms with Crippen molar-refractivity contribution in [2.75, 3.05) is 0 Å². The minimum atomic E-state index is 0.200. The molecule has 0 aliphatic heterocycles. The first kappa shape index (κ1) is 14.1. The van der Waals surface area contributed by atoms with E-state index in [-0.39, 0.29) is 5.41 Å². The zero-order valence-electron chi connectivity index (χ0n) is 12.8. The summed E-state index contributed by atoms with van der Waals surface area (Å²) in [5.41, 5.74) is 5.48. The maximum absolute atomic E-state index is 2.25. The van der Waals surface area contributed by atoms with E-state index < -0.39 is 0 Å². The van der Waals surface area contributed by atoms with Crippen LogP contribution in [0.5, 0.6) is 0 Å². The molecule has 1 heterocycles.